The van der Waals surface area contributed by atoms with Gasteiger partial charge in [-0.2, -0.15) is 5.26 Å². The zero-order valence-corrected chi connectivity index (χ0v) is 20.2. The van der Waals surface area contributed by atoms with Gasteiger partial charge in [-0.25, -0.2) is 0 Å². The Morgan fingerprint density at radius 2 is 1.66 bits per heavy atom. The van der Waals surface area contributed by atoms with E-state index in [0.29, 0.717) is 24.5 Å². The van der Waals surface area contributed by atoms with Crippen LogP contribution in [0.15, 0.2) is 78.9 Å². The minimum absolute atomic E-state index is 0.0854. The van der Waals surface area contributed by atoms with Crippen molar-refractivity contribution in [3.8, 4) is 11.8 Å². The first-order valence-electron chi connectivity index (χ1n) is 12.5. The Bertz CT molecular complexity index is 1100. The summed E-state index contributed by atoms with van der Waals surface area (Å²) in [6, 6.07) is 27.7. The first-order chi connectivity index (χ1) is 17.2. The van der Waals surface area contributed by atoms with Crippen LogP contribution < -0.4 is 10.1 Å². The standard InChI is InChI=1S/C30H33N3O2/c31-22-26-10-8-24(9-11-26)7-4-18-33-19-16-25(17-20-33)21-30(34)32-28-12-14-29(15-13-28)35-23-27-5-2-1-3-6-27/h1-3,5-6,8-15,25H,4,7,16-21,23H2,(H,32,34). The van der Waals surface area contributed by atoms with Gasteiger partial charge in [-0.15, -0.1) is 0 Å². The largest absolute Gasteiger partial charge is 0.489 e. The second-order valence-corrected chi connectivity index (χ2v) is 9.25. The van der Waals surface area contributed by atoms with Gasteiger partial charge in [0.15, 0.2) is 0 Å². The van der Waals surface area contributed by atoms with Gasteiger partial charge in [0, 0.05) is 12.1 Å². The molecular weight excluding hydrogens is 434 g/mol. The van der Waals surface area contributed by atoms with Gasteiger partial charge < -0.3 is 15.0 Å². The number of nitrogens with zero attached hydrogens (tertiary/aromatic N) is 2. The zero-order valence-electron chi connectivity index (χ0n) is 20.2. The van der Waals surface area contributed by atoms with Crippen LogP contribution in [-0.4, -0.2) is 30.4 Å². The van der Waals surface area contributed by atoms with E-state index in [2.05, 4.69) is 28.4 Å². The number of aryl methyl sites for hydroxylation is 1. The number of piperidine rings is 1. The van der Waals surface area contributed by atoms with Gasteiger partial charge in [-0.1, -0.05) is 42.5 Å². The van der Waals surface area contributed by atoms with Crippen LogP contribution in [0.4, 0.5) is 5.69 Å². The lowest BCUT2D eigenvalue weighted by atomic mass is 9.93. The van der Waals surface area contributed by atoms with E-state index in [1.54, 1.807) is 0 Å². The molecule has 1 heterocycles. The highest BCUT2D eigenvalue weighted by Crippen LogP contribution is 2.23. The number of carbonyl (C=O) groups excluding carboxylic acids is 1. The average molecular weight is 468 g/mol. The maximum absolute atomic E-state index is 12.6. The molecular formula is C30H33N3O2. The van der Waals surface area contributed by atoms with Crippen LogP contribution in [0.1, 0.15) is 42.4 Å². The van der Waals surface area contributed by atoms with Crippen molar-refractivity contribution in [3.05, 3.63) is 95.6 Å². The second-order valence-electron chi connectivity index (χ2n) is 9.25. The summed E-state index contributed by atoms with van der Waals surface area (Å²) < 4.78 is 5.82. The number of anilines is 1. The van der Waals surface area contributed by atoms with E-state index >= 15 is 0 Å². The summed E-state index contributed by atoms with van der Waals surface area (Å²) >= 11 is 0. The van der Waals surface area contributed by atoms with Crippen LogP contribution in [0.2, 0.25) is 0 Å². The van der Waals surface area contributed by atoms with Crippen molar-refractivity contribution >= 4 is 11.6 Å². The molecule has 1 N–H and O–H groups in total. The van der Waals surface area contributed by atoms with Crippen molar-refractivity contribution in [3.63, 3.8) is 0 Å². The summed E-state index contributed by atoms with van der Waals surface area (Å²) in [5.74, 6) is 1.32. The summed E-state index contributed by atoms with van der Waals surface area (Å²) in [4.78, 5) is 15.1. The fraction of sp³-hybridized carbons (Fsp3) is 0.333. The number of nitrogens with one attached hydrogen (secondary N) is 1. The van der Waals surface area contributed by atoms with Crippen molar-refractivity contribution < 1.29 is 9.53 Å². The van der Waals surface area contributed by atoms with Gasteiger partial charge in [-0.3, -0.25) is 4.79 Å². The molecule has 1 aliphatic rings. The predicted octanol–water partition coefficient (Wildman–Crippen LogP) is 5.81. The minimum atomic E-state index is 0.0854. The fourth-order valence-electron chi connectivity index (χ4n) is 4.52. The number of hydrogen-bond donors (Lipinski definition) is 1. The summed E-state index contributed by atoms with van der Waals surface area (Å²) in [6.07, 6.45) is 4.85. The first kappa shape index (κ1) is 24.5. The van der Waals surface area contributed by atoms with Crippen LogP contribution in [0.3, 0.4) is 0 Å². The molecule has 3 aromatic rings. The van der Waals surface area contributed by atoms with E-state index < -0.39 is 0 Å². The number of nitriles is 1. The Kier molecular flexibility index (Phi) is 8.91. The number of amides is 1. The average Bonchev–Trinajstić information content (AvgIpc) is 2.90. The minimum Gasteiger partial charge on any atom is -0.489 e. The highest BCUT2D eigenvalue weighted by atomic mass is 16.5. The normalized spacial score (nSPS) is 14.3. The summed E-state index contributed by atoms with van der Waals surface area (Å²) in [5.41, 5.74) is 3.93. The fourth-order valence-corrected chi connectivity index (χ4v) is 4.52. The lowest BCUT2D eigenvalue weighted by Crippen LogP contribution is -2.35. The van der Waals surface area contributed by atoms with Crippen molar-refractivity contribution in [1.29, 1.82) is 5.26 Å². The highest BCUT2D eigenvalue weighted by molar-refractivity contribution is 5.90. The monoisotopic (exact) mass is 467 g/mol. The Hall–Kier alpha value is -3.62. The summed E-state index contributed by atoms with van der Waals surface area (Å²) in [5, 5.41) is 11.9. The van der Waals surface area contributed by atoms with Crippen LogP contribution >= 0.6 is 0 Å². The molecule has 180 valence electrons. The van der Waals surface area contributed by atoms with Gasteiger partial charge in [0.1, 0.15) is 12.4 Å². The van der Waals surface area contributed by atoms with Gasteiger partial charge in [0.25, 0.3) is 0 Å². The van der Waals surface area contributed by atoms with E-state index in [4.69, 9.17) is 10.00 Å². The van der Waals surface area contributed by atoms with E-state index in [1.165, 1.54) is 5.56 Å². The highest BCUT2D eigenvalue weighted by Gasteiger charge is 2.21. The Morgan fingerprint density at radius 3 is 2.34 bits per heavy atom. The van der Waals surface area contributed by atoms with E-state index in [0.717, 1.165) is 62.3 Å². The summed E-state index contributed by atoms with van der Waals surface area (Å²) in [7, 11) is 0. The zero-order chi connectivity index (χ0) is 24.3. The van der Waals surface area contributed by atoms with E-state index in [9.17, 15) is 4.79 Å². The molecule has 0 radical (unpaired) electrons. The topological polar surface area (TPSA) is 65.4 Å². The van der Waals surface area contributed by atoms with Crippen molar-refractivity contribution in [2.24, 2.45) is 5.92 Å². The lowest BCUT2D eigenvalue weighted by molar-refractivity contribution is -0.117. The molecule has 1 amide bonds. The van der Waals surface area contributed by atoms with Gasteiger partial charge in [0.05, 0.1) is 11.6 Å². The molecule has 0 unspecified atom stereocenters. The first-order valence-corrected chi connectivity index (χ1v) is 12.5. The number of benzene rings is 3. The molecule has 0 bridgehead atoms. The smallest absolute Gasteiger partial charge is 0.224 e. The van der Waals surface area contributed by atoms with Crippen LogP contribution in [0.5, 0.6) is 5.75 Å². The molecule has 1 fully saturated rings. The van der Waals surface area contributed by atoms with Crippen LogP contribution in [-0.2, 0) is 17.8 Å². The van der Waals surface area contributed by atoms with Crippen molar-refractivity contribution in [2.75, 3.05) is 25.0 Å². The Morgan fingerprint density at radius 1 is 0.943 bits per heavy atom. The van der Waals surface area contributed by atoms with Crippen molar-refractivity contribution in [1.82, 2.24) is 4.90 Å². The van der Waals surface area contributed by atoms with Gasteiger partial charge in [-0.05, 0) is 98.8 Å². The van der Waals surface area contributed by atoms with Gasteiger partial charge >= 0.3 is 0 Å². The number of rotatable bonds is 10. The maximum atomic E-state index is 12.6. The molecule has 1 saturated heterocycles. The van der Waals surface area contributed by atoms with E-state index in [-0.39, 0.29) is 5.91 Å². The third-order valence-corrected chi connectivity index (χ3v) is 6.59. The summed E-state index contributed by atoms with van der Waals surface area (Å²) in [6.45, 7) is 3.72. The molecule has 0 saturated carbocycles. The molecule has 35 heavy (non-hydrogen) atoms. The Labute approximate surface area is 208 Å². The molecule has 1 aliphatic heterocycles. The lowest BCUT2D eigenvalue weighted by Gasteiger charge is -2.31. The Balaban J connectivity index is 1.12. The maximum Gasteiger partial charge on any atom is 0.224 e. The quantitative estimate of drug-likeness (QED) is 0.409. The molecule has 0 spiro atoms. The third kappa shape index (κ3) is 7.98. The van der Waals surface area contributed by atoms with Gasteiger partial charge in [0.2, 0.25) is 5.91 Å². The molecule has 0 aliphatic carbocycles. The SMILES string of the molecule is N#Cc1ccc(CCCN2CCC(CC(=O)Nc3ccc(OCc4ccccc4)cc3)CC2)cc1. The van der Waals surface area contributed by atoms with E-state index in [1.807, 2.05) is 66.7 Å². The predicted molar refractivity (Wildman–Crippen MR) is 139 cm³/mol. The molecule has 5 nitrogen and oxygen atoms in total. The molecule has 4 rings (SSSR count). The molecule has 0 atom stereocenters. The third-order valence-electron chi connectivity index (χ3n) is 6.59. The number of carbonyl (C=O) groups is 1. The number of ether oxygens (including phenoxy) is 1. The van der Waals surface area contributed by atoms with Crippen molar-refractivity contribution in [2.45, 2.75) is 38.7 Å². The van der Waals surface area contributed by atoms with Crippen LogP contribution in [0.25, 0.3) is 0 Å². The number of hydrogen-bond acceptors (Lipinski definition) is 4. The second kappa shape index (κ2) is 12.7. The molecule has 0 aromatic heterocycles. The number of likely N-dealkylation sites (tertiary alicyclic amines) is 1. The van der Waals surface area contributed by atoms with Crippen LogP contribution in [0, 0.1) is 17.2 Å². The molecule has 3 aromatic carbocycles. The molecule has 5 heteroatoms.